The fourth-order valence-electron chi connectivity index (χ4n) is 2.63. The molecule has 0 aliphatic heterocycles. The van der Waals surface area contributed by atoms with Crippen LogP contribution in [0.1, 0.15) is 28.5 Å². The van der Waals surface area contributed by atoms with Gasteiger partial charge in [0, 0.05) is 11.9 Å². The maximum Gasteiger partial charge on any atom is 0.416 e. The number of aromatic nitrogens is 2. The maximum absolute atomic E-state index is 12.7. The van der Waals surface area contributed by atoms with Crippen LogP contribution in [0.2, 0.25) is 0 Å². The second-order valence-electron chi connectivity index (χ2n) is 5.84. The molecule has 1 amide bonds. The molecule has 0 fully saturated rings. The number of rotatable bonds is 4. The minimum Gasteiger partial charge on any atom is -0.267 e. The Morgan fingerprint density at radius 1 is 1.18 bits per heavy atom. The monoisotopic (exact) mass is 388 g/mol. The van der Waals surface area contributed by atoms with E-state index in [-0.39, 0.29) is 23.4 Å². The summed E-state index contributed by atoms with van der Waals surface area (Å²) in [5, 5.41) is 8.47. The lowest BCUT2D eigenvalue weighted by Crippen LogP contribution is -2.28. The SMILES string of the molecule is CCn1nc(C(=O)N/N=C\c2cccc(C(F)(F)F)c2)c2ccccc2c1=O. The lowest BCUT2D eigenvalue weighted by Gasteiger charge is -2.08. The number of halogens is 3. The highest BCUT2D eigenvalue weighted by atomic mass is 19.4. The smallest absolute Gasteiger partial charge is 0.267 e. The quantitative estimate of drug-likeness (QED) is 0.551. The maximum atomic E-state index is 12.7. The van der Waals surface area contributed by atoms with Crippen LogP contribution >= 0.6 is 0 Å². The molecule has 0 bridgehead atoms. The molecule has 1 heterocycles. The van der Waals surface area contributed by atoms with Gasteiger partial charge in [0.15, 0.2) is 5.69 Å². The molecule has 3 aromatic rings. The molecule has 0 aliphatic rings. The van der Waals surface area contributed by atoms with E-state index in [1.807, 2.05) is 0 Å². The zero-order valence-corrected chi connectivity index (χ0v) is 14.7. The summed E-state index contributed by atoms with van der Waals surface area (Å²) in [6, 6.07) is 11.1. The van der Waals surface area contributed by atoms with Gasteiger partial charge in [0.05, 0.1) is 17.2 Å². The minimum atomic E-state index is -4.47. The van der Waals surface area contributed by atoms with E-state index in [1.54, 1.807) is 31.2 Å². The van der Waals surface area contributed by atoms with Gasteiger partial charge in [0.2, 0.25) is 0 Å². The Kier molecular flexibility index (Phi) is 5.25. The van der Waals surface area contributed by atoms with Gasteiger partial charge in [-0.05, 0) is 30.7 Å². The van der Waals surface area contributed by atoms with Crippen LogP contribution in [-0.2, 0) is 12.7 Å². The Morgan fingerprint density at radius 2 is 1.89 bits per heavy atom. The first-order valence-corrected chi connectivity index (χ1v) is 8.31. The van der Waals surface area contributed by atoms with Crippen molar-refractivity contribution in [2.24, 2.45) is 5.10 Å². The van der Waals surface area contributed by atoms with Crippen molar-refractivity contribution in [1.82, 2.24) is 15.2 Å². The highest BCUT2D eigenvalue weighted by Gasteiger charge is 2.30. The number of hydrogen-bond acceptors (Lipinski definition) is 4. The summed E-state index contributed by atoms with van der Waals surface area (Å²) in [6.45, 7) is 1.99. The zero-order valence-electron chi connectivity index (χ0n) is 14.7. The van der Waals surface area contributed by atoms with E-state index < -0.39 is 17.6 Å². The Bertz CT molecular complexity index is 1120. The van der Waals surface area contributed by atoms with Gasteiger partial charge in [-0.15, -0.1) is 0 Å². The lowest BCUT2D eigenvalue weighted by atomic mass is 10.1. The molecule has 0 spiro atoms. The van der Waals surface area contributed by atoms with Crippen molar-refractivity contribution >= 4 is 22.9 Å². The van der Waals surface area contributed by atoms with Gasteiger partial charge >= 0.3 is 6.18 Å². The predicted molar refractivity (Wildman–Crippen MR) is 98.2 cm³/mol. The number of aryl methyl sites for hydroxylation is 1. The van der Waals surface area contributed by atoms with Crippen molar-refractivity contribution in [3.63, 3.8) is 0 Å². The molecule has 0 saturated heterocycles. The summed E-state index contributed by atoms with van der Waals surface area (Å²) >= 11 is 0. The third kappa shape index (κ3) is 3.93. The van der Waals surface area contributed by atoms with Crippen molar-refractivity contribution in [1.29, 1.82) is 0 Å². The van der Waals surface area contributed by atoms with Gasteiger partial charge in [-0.25, -0.2) is 10.1 Å². The number of hydrazone groups is 1. The number of hydrogen-bond donors (Lipinski definition) is 1. The standard InChI is InChI=1S/C19H15F3N4O2/c1-2-26-18(28)15-9-4-3-8-14(15)16(25-26)17(27)24-23-11-12-6-5-7-13(10-12)19(20,21)22/h3-11H,2H2,1H3,(H,24,27)/b23-11-. The molecule has 28 heavy (non-hydrogen) atoms. The molecule has 0 radical (unpaired) electrons. The van der Waals surface area contributed by atoms with Gasteiger partial charge < -0.3 is 0 Å². The molecule has 0 saturated carbocycles. The lowest BCUT2D eigenvalue weighted by molar-refractivity contribution is -0.137. The molecule has 3 rings (SSSR count). The summed E-state index contributed by atoms with van der Waals surface area (Å²) in [5.74, 6) is -0.679. The number of nitrogens with one attached hydrogen (secondary N) is 1. The third-order valence-electron chi connectivity index (χ3n) is 3.98. The fraction of sp³-hybridized carbons (Fsp3) is 0.158. The average molecular weight is 388 g/mol. The van der Waals surface area contributed by atoms with Crippen LogP contribution in [0.15, 0.2) is 58.4 Å². The Hall–Kier alpha value is -3.49. The van der Waals surface area contributed by atoms with Gasteiger partial charge in [0.1, 0.15) is 0 Å². The molecule has 2 aromatic carbocycles. The molecule has 1 aromatic heterocycles. The van der Waals surface area contributed by atoms with E-state index in [0.717, 1.165) is 23.0 Å². The first kappa shape index (κ1) is 19.3. The fourth-order valence-corrected chi connectivity index (χ4v) is 2.63. The third-order valence-corrected chi connectivity index (χ3v) is 3.98. The topological polar surface area (TPSA) is 76.3 Å². The normalized spacial score (nSPS) is 11.9. The molecular weight excluding hydrogens is 373 g/mol. The summed E-state index contributed by atoms with van der Waals surface area (Å²) in [4.78, 5) is 24.8. The van der Waals surface area contributed by atoms with Crippen molar-refractivity contribution in [2.45, 2.75) is 19.6 Å². The van der Waals surface area contributed by atoms with Crippen molar-refractivity contribution in [3.8, 4) is 0 Å². The molecule has 0 atom stereocenters. The van der Waals surface area contributed by atoms with Gasteiger partial charge in [0.25, 0.3) is 11.5 Å². The van der Waals surface area contributed by atoms with Gasteiger partial charge in [-0.3, -0.25) is 9.59 Å². The number of carbonyl (C=O) groups is 1. The van der Waals surface area contributed by atoms with E-state index in [4.69, 9.17) is 0 Å². The highest BCUT2D eigenvalue weighted by molar-refractivity contribution is 6.04. The summed E-state index contributed by atoms with van der Waals surface area (Å²) in [5.41, 5.74) is 1.28. The predicted octanol–water partition coefficient (Wildman–Crippen LogP) is 3.20. The van der Waals surface area contributed by atoms with Crippen LogP contribution in [0, 0.1) is 0 Å². The molecule has 9 heteroatoms. The van der Waals surface area contributed by atoms with Crippen molar-refractivity contribution < 1.29 is 18.0 Å². The van der Waals surface area contributed by atoms with Crippen LogP contribution in [0.25, 0.3) is 10.8 Å². The average Bonchev–Trinajstić information content (AvgIpc) is 2.68. The molecule has 0 unspecified atom stereocenters. The van der Waals surface area contributed by atoms with E-state index >= 15 is 0 Å². The molecule has 0 aliphatic carbocycles. The number of nitrogens with zero attached hydrogens (tertiary/aromatic N) is 3. The summed E-state index contributed by atoms with van der Waals surface area (Å²) < 4.78 is 39.4. The van der Waals surface area contributed by atoms with Crippen LogP contribution in [-0.4, -0.2) is 21.9 Å². The number of benzene rings is 2. The van der Waals surface area contributed by atoms with Crippen LogP contribution in [0.4, 0.5) is 13.2 Å². The number of fused-ring (bicyclic) bond motifs is 1. The van der Waals surface area contributed by atoms with Gasteiger partial charge in [-0.2, -0.15) is 23.4 Å². The molecule has 144 valence electrons. The van der Waals surface area contributed by atoms with E-state index in [2.05, 4.69) is 15.6 Å². The van der Waals surface area contributed by atoms with Crippen LogP contribution in [0.3, 0.4) is 0 Å². The minimum absolute atomic E-state index is 0.00163. The zero-order chi connectivity index (χ0) is 20.3. The Balaban J connectivity index is 1.87. The highest BCUT2D eigenvalue weighted by Crippen LogP contribution is 2.29. The van der Waals surface area contributed by atoms with Gasteiger partial charge in [-0.1, -0.05) is 30.3 Å². The van der Waals surface area contributed by atoms with E-state index in [0.29, 0.717) is 10.8 Å². The molecular formula is C19H15F3N4O2. The van der Waals surface area contributed by atoms with Crippen LogP contribution < -0.4 is 11.0 Å². The summed E-state index contributed by atoms with van der Waals surface area (Å²) in [7, 11) is 0. The van der Waals surface area contributed by atoms with E-state index in [9.17, 15) is 22.8 Å². The first-order chi connectivity index (χ1) is 13.3. The Labute approximate surface area is 157 Å². The summed E-state index contributed by atoms with van der Waals surface area (Å²) in [6.07, 6.45) is -3.37. The number of amides is 1. The Morgan fingerprint density at radius 3 is 2.57 bits per heavy atom. The largest absolute Gasteiger partial charge is 0.416 e. The second-order valence-corrected chi connectivity index (χ2v) is 5.84. The van der Waals surface area contributed by atoms with E-state index in [1.165, 1.54) is 12.1 Å². The molecule has 6 nitrogen and oxygen atoms in total. The number of alkyl halides is 3. The van der Waals surface area contributed by atoms with Crippen molar-refractivity contribution in [3.05, 3.63) is 75.7 Å². The van der Waals surface area contributed by atoms with Crippen LogP contribution in [0.5, 0.6) is 0 Å². The second kappa shape index (κ2) is 7.63. The van der Waals surface area contributed by atoms with Crippen molar-refractivity contribution in [2.75, 3.05) is 0 Å². The first-order valence-electron chi connectivity index (χ1n) is 8.31. The number of carbonyl (C=O) groups excluding carboxylic acids is 1. The molecule has 1 N–H and O–H groups in total.